The fourth-order valence-electron chi connectivity index (χ4n) is 2.23. The van der Waals surface area contributed by atoms with Crippen LogP contribution in [0.1, 0.15) is 46.0 Å². The predicted molar refractivity (Wildman–Crippen MR) is 58.6 cm³/mol. The van der Waals surface area contributed by atoms with Gasteiger partial charge in [0.2, 0.25) is 0 Å². The Balaban J connectivity index is 2.58. The Morgan fingerprint density at radius 3 is 2.69 bits per heavy atom. The summed E-state index contributed by atoms with van der Waals surface area (Å²) in [7, 11) is 0. The van der Waals surface area contributed by atoms with Gasteiger partial charge in [0, 0.05) is 0 Å². The van der Waals surface area contributed by atoms with Crippen molar-refractivity contribution < 1.29 is 0 Å². The smallest absolute Gasteiger partial charge is 0.000893 e. The maximum absolute atomic E-state index is 5.84. The third-order valence-corrected chi connectivity index (χ3v) is 3.39. The Bertz CT molecular complexity index is 172. The van der Waals surface area contributed by atoms with Crippen molar-refractivity contribution in [3.8, 4) is 0 Å². The first kappa shape index (κ1) is 10.8. The van der Waals surface area contributed by atoms with Crippen LogP contribution in [0.4, 0.5) is 0 Å². The fourth-order valence-corrected chi connectivity index (χ4v) is 2.23. The molecule has 0 heterocycles. The molecule has 1 nitrogen and oxygen atoms in total. The van der Waals surface area contributed by atoms with Crippen LogP contribution in [0.5, 0.6) is 0 Å². The van der Waals surface area contributed by atoms with Crippen LogP contribution in [0.2, 0.25) is 0 Å². The van der Waals surface area contributed by atoms with Crippen molar-refractivity contribution in [3.05, 3.63) is 11.6 Å². The summed E-state index contributed by atoms with van der Waals surface area (Å²) in [6.45, 7) is 5.42. The minimum Gasteiger partial charge on any atom is -0.330 e. The Kier molecular flexibility index (Phi) is 4.51. The van der Waals surface area contributed by atoms with Gasteiger partial charge in [-0.2, -0.15) is 0 Å². The van der Waals surface area contributed by atoms with Gasteiger partial charge in [0.15, 0.2) is 0 Å². The minimum absolute atomic E-state index is 0.658. The zero-order chi connectivity index (χ0) is 9.68. The maximum atomic E-state index is 5.84. The molecule has 1 rings (SSSR count). The van der Waals surface area contributed by atoms with Gasteiger partial charge in [-0.3, -0.25) is 0 Å². The second kappa shape index (κ2) is 5.43. The highest BCUT2D eigenvalue weighted by atomic mass is 14.6. The summed E-state index contributed by atoms with van der Waals surface area (Å²) in [6.07, 6.45) is 9.01. The van der Waals surface area contributed by atoms with E-state index in [1.54, 1.807) is 5.57 Å². The molecule has 0 aromatic carbocycles. The number of nitrogens with two attached hydrogens (primary N) is 1. The average molecular weight is 181 g/mol. The molecule has 1 aliphatic carbocycles. The molecule has 1 heteroatoms. The van der Waals surface area contributed by atoms with E-state index >= 15 is 0 Å². The van der Waals surface area contributed by atoms with Gasteiger partial charge in [0.1, 0.15) is 0 Å². The molecule has 2 unspecified atom stereocenters. The van der Waals surface area contributed by atoms with E-state index in [1.165, 1.54) is 32.1 Å². The summed E-state index contributed by atoms with van der Waals surface area (Å²) in [6, 6.07) is 0. The molecule has 76 valence electrons. The van der Waals surface area contributed by atoms with Crippen LogP contribution in [-0.4, -0.2) is 6.54 Å². The zero-order valence-electron chi connectivity index (χ0n) is 9.05. The normalized spacial score (nSPS) is 22.2. The van der Waals surface area contributed by atoms with Crippen LogP contribution in [0.3, 0.4) is 0 Å². The van der Waals surface area contributed by atoms with Crippen LogP contribution in [0, 0.1) is 11.8 Å². The van der Waals surface area contributed by atoms with Crippen molar-refractivity contribution >= 4 is 0 Å². The van der Waals surface area contributed by atoms with Crippen LogP contribution in [-0.2, 0) is 0 Å². The van der Waals surface area contributed by atoms with Gasteiger partial charge in [-0.1, -0.05) is 31.9 Å². The quantitative estimate of drug-likeness (QED) is 0.663. The first-order chi connectivity index (χ1) is 6.29. The van der Waals surface area contributed by atoms with Gasteiger partial charge in [0.05, 0.1) is 0 Å². The lowest BCUT2D eigenvalue weighted by Crippen LogP contribution is -2.24. The highest BCUT2D eigenvalue weighted by Gasteiger charge is 2.19. The second-order valence-corrected chi connectivity index (χ2v) is 4.25. The summed E-state index contributed by atoms with van der Waals surface area (Å²) in [5.74, 6) is 1.42. The minimum atomic E-state index is 0.658. The highest BCUT2D eigenvalue weighted by molar-refractivity contribution is 5.10. The Morgan fingerprint density at radius 1 is 1.46 bits per heavy atom. The number of allylic oxidation sites excluding steroid dienone is 1. The Hall–Kier alpha value is -0.300. The second-order valence-electron chi connectivity index (χ2n) is 4.25. The summed E-state index contributed by atoms with van der Waals surface area (Å²) < 4.78 is 0. The first-order valence-electron chi connectivity index (χ1n) is 5.68. The predicted octanol–water partition coefficient (Wildman–Crippen LogP) is 3.11. The zero-order valence-corrected chi connectivity index (χ0v) is 9.05. The van der Waals surface area contributed by atoms with E-state index in [-0.39, 0.29) is 0 Å². The monoisotopic (exact) mass is 181 g/mol. The Labute approximate surface area is 82.4 Å². The maximum Gasteiger partial charge on any atom is -0.000893 e. The molecule has 13 heavy (non-hydrogen) atoms. The molecule has 0 bridgehead atoms. The van der Waals surface area contributed by atoms with Gasteiger partial charge in [-0.15, -0.1) is 0 Å². The number of hydrogen-bond donors (Lipinski definition) is 1. The lowest BCUT2D eigenvalue weighted by molar-refractivity contribution is 0.388. The molecule has 0 saturated carbocycles. The van der Waals surface area contributed by atoms with Gasteiger partial charge in [-0.25, -0.2) is 0 Å². The molecule has 0 aromatic heterocycles. The van der Waals surface area contributed by atoms with E-state index in [9.17, 15) is 0 Å². The molecular formula is C12H23N. The lowest BCUT2D eigenvalue weighted by atomic mass is 9.81. The third kappa shape index (κ3) is 2.84. The number of hydrogen-bond acceptors (Lipinski definition) is 1. The number of rotatable bonds is 4. The standard InChI is InChI=1S/C12H23N/c1-3-10(2)12(9-13)11-7-5-4-6-8-11/h7,10,12H,3-6,8-9,13H2,1-2H3. The van der Waals surface area contributed by atoms with Gasteiger partial charge in [0.25, 0.3) is 0 Å². The van der Waals surface area contributed by atoms with Crippen LogP contribution in [0.15, 0.2) is 11.6 Å². The van der Waals surface area contributed by atoms with Gasteiger partial charge >= 0.3 is 0 Å². The highest BCUT2D eigenvalue weighted by Crippen LogP contribution is 2.29. The van der Waals surface area contributed by atoms with Crippen molar-refractivity contribution in [1.29, 1.82) is 0 Å². The van der Waals surface area contributed by atoms with Gasteiger partial charge in [-0.05, 0) is 44.1 Å². The van der Waals surface area contributed by atoms with Crippen molar-refractivity contribution in [3.63, 3.8) is 0 Å². The third-order valence-electron chi connectivity index (χ3n) is 3.39. The Morgan fingerprint density at radius 2 is 2.23 bits per heavy atom. The van der Waals surface area contributed by atoms with Crippen molar-refractivity contribution in [2.45, 2.75) is 46.0 Å². The summed E-state index contributed by atoms with van der Waals surface area (Å²) in [4.78, 5) is 0. The fraction of sp³-hybridized carbons (Fsp3) is 0.833. The molecule has 1 aliphatic rings. The topological polar surface area (TPSA) is 26.0 Å². The summed E-state index contributed by atoms with van der Waals surface area (Å²) >= 11 is 0. The van der Waals surface area contributed by atoms with Crippen LogP contribution in [0.25, 0.3) is 0 Å². The van der Waals surface area contributed by atoms with Crippen molar-refractivity contribution in [2.24, 2.45) is 17.6 Å². The van der Waals surface area contributed by atoms with E-state index in [0.29, 0.717) is 5.92 Å². The SMILES string of the molecule is CCC(C)C(CN)C1=CCCCC1. The molecule has 2 atom stereocenters. The average Bonchev–Trinajstić information content (AvgIpc) is 2.20. The lowest BCUT2D eigenvalue weighted by Gasteiger charge is -2.26. The van der Waals surface area contributed by atoms with Crippen LogP contribution < -0.4 is 5.73 Å². The molecule has 0 saturated heterocycles. The van der Waals surface area contributed by atoms with Crippen molar-refractivity contribution in [2.75, 3.05) is 6.54 Å². The van der Waals surface area contributed by atoms with E-state index < -0.39 is 0 Å². The van der Waals surface area contributed by atoms with Crippen LogP contribution >= 0.6 is 0 Å². The van der Waals surface area contributed by atoms with Crippen molar-refractivity contribution in [1.82, 2.24) is 0 Å². The van der Waals surface area contributed by atoms with E-state index in [0.717, 1.165) is 12.5 Å². The van der Waals surface area contributed by atoms with E-state index in [4.69, 9.17) is 5.73 Å². The largest absolute Gasteiger partial charge is 0.330 e. The molecule has 2 N–H and O–H groups in total. The summed E-state index contributed by atoms with van der Waals surface area (Å²) in [5.41, 5.74) is 7.48. The molecule has 0 aliphatic heterocycles. The summed E-state index contributed by atoms with van der Waals surface area (Å²) in [5, 5.41) is 0. The molecular weight excluding hydrogens is 158 g/mol. The van der Waals surface area contributed by atoms with Gasteiger partial charge < -0.3 is 5.73 Å². The molecule has 0 spiro atoms. The molecule has 0 amide bonds. The molecule has 0 fully saturated rings. The first-order valence-corrected chi connectivity index (χ1v) is 5.68. The van der Waals surface area contributed by atoms with E-state index in [1.807, 2.05) is 0 Å². The van der Waals surface area contributed by atoms with E-state index in [2.05, 4.69) is 19.9 Å². The molecule has 0 aromatic rings. The molecule has 0 radical (unpaired) electrons.